The topological polar surface area (TPSA) is 34.1 Å². The van der Waals surface area contributed by atoms with Crippen LogP contribution in [0.5, 0.6) is 0 Å². The summed E-state index contributed by atoms with van der Waals surface area (Å²) >= 11 is 0. The van der Waals surface area contributed by atoms with Crippen LogP contribution in [-0.4, -0.2) is 8.42 Å². The van der Waals surface area contributed by atoms with Crippen LogP contribution in [0.2, 0.25) is 0 Å². The second-order valence-corrected chi connectivity index (χ2v) is 4.71. The first-order valence-corrected chi connectivity index (χ1v) is 5.45. The molecular formula is C7H6ClFO2S. The molecule has 0 amide bonds. The summed E-state index contributed by atoms with van der Waals surface area (Å²) < 4.78 is 33.8. The number of hydrogen-bond donors (Lipinski definition) is 0. The molecule has 1 aromatic rings. The van der Waals surface area contributed by atoms with Gasteiger partial charge in [0.1, 0.15) is 6.67 Å². The van der Waals surface area contributed by atoms with Gasteiger partial charge in [0, 0.05) is 16.2 Å². The van der Waals surface area contributed by atoms with Gasteiger partial charge in [-0.1, -0.05) is 18.2 Å². The van der Waals surface area contributed by atoms with Gasteiger partial charge in [0.2, 0.25) is 0 Å². The van der Waals surface area contributed by atoms with Crippen LogP contribution in [0.25, 0.3) is 0 Å². The van der Waals surface area contributed by atoms with Gasteiger partial charge in [0.15, 0.2) is 0 Å². The lowest BCUT2D eigenvalue weighted by atomic mass is 10.2. The molecule has 0 aliphatic carbocycles. The Labute approximate surface area is 74.4 Å². The quantitative estimate of drug-likeness (QED) is 0.698. The normalized spacial score (nSPS) is 11.5. The molecule has 0 aromatic heterocycles. The molecule has 0 atom stereocenters. The van der Waals surface area contributed by atoms with Gasteiger partial charge in [-0.3, -0.25) is 0 Å². The van der Waals surface area contributed by atoms with Crippen LogP contribution in [0.1, 0.15) is 5.56 Å². The SMILES string of the molecule is O=S(=O)(Cl)c1ccccc1CF. The highest BCUT2D eigenvalue weighted by molar-refractivity contribution is 8.13. The Balaban J connectivity index is 3.33. The lowest BCUT2D eigenvalue weighted by Gasteiger charge is -2.00. The van der Waals surface area contributed by atoms with E-state index in [-0.39, 0.29) is 10.5 Å². The number of rotatable bonds is 2. The predicted molar refractivity (Wildman–Crippen MR) is 44.3 cm³/mol. The first-order chi connectivity index (χ1) is 5.55. The maximum absolute atomic E-state index is 12.2. The summed E-state index contributed by atoms with van der Waals surface area (Å²) in [4.78, 5) is -0.158. The average Bonchev–Trinajstić information content (AvgIpc) is 2.03. The van der Waals surface area contributed by atoms with Crippen molar-refractivity contribution in [3.05, 3.63) is 29.8 Å². The van der Waals surface area contributed by atoms with E-state index in [2.05, 4.69) is 0 Å². The van der Waals surface area contributed by atoms with Crippen molar-refractivity contribution in [1.82, 2.24) is 0 Å². The highest BCUT2D eigenvalue weighted by atomic mass is 35.7. The zero-order chi connectivity index (χ0) is 9.19. The summed E-state index contributed by atoms with van der Waals surface area (Å²) in [5.41, 5.74) is 0.0903. The molecule has 0 spiro atoms. The van der Waals surface area contributed by atoms with Crippen LogP contribution in [0.3, 0.4) is 0 Å². The molecule has 1 rings (SSSR count). The fraction of sp³-hybridized carbons (Fsp3) is 0.143. The molecule has 0 unspecified atom stereocenters. The summed E-state index contributed by atoms with van der Waals surface area (Å²) in [5.74, 6) is 0. The van der Waals surface area contributed by atoms with Crippen molar-refractivity contribution in [3.8, 4) is 0 Å². The number of hydrogen-bond acceptors (Lipinski definition) is 2. The third-order valence-corrected chi connectivity index (χ3v) is 2.80. The smallest absolute Gasteiger partial charge is 0.246 e. The van der Waals surface area contributed by atoms with Gasteiger partial charge in [-0.05, 0) is 6.07 Å². The Bertz CT molecular complexity index is 375. The average molecular weight is 209 g/mol. The summed E-state index contributed by atoms with van der Waals surface area (Å²) in [5, 5.41) is 0. The summed E-state index contributed by atoms with van der Waals surface area (Å²) in [6.07, 6.45) is 0. The van der Waals surface area contributed by atoms with Crippen molar-refractivity contribution in [2.75, 3.05) is 0 Å². The molecule has 0 aliphatic rings. The fourth-order valence-corrected chi connectivity index (χ4v) is 1.98. The molecule has 0 saturated heterocycles. The van der Waals surface area contributed by atoms with Crippen molar-refractivity contribution in [2.24, 2.45) is 0 Å². The van der Waals surface area contributed by atoms with Crippen molar-refractivity contribution in [2.45, 2.75) is 11.6 Å². The zero-order valence-corrected chi connectivity index (χ0v) is 7.57. The third kappa shape index (κ3) is 1.95. The highest BCUT2D eigenvalue weighted by Gasteiger charge is 2.13. The molecule has 0 heterocycles. The zero-order valence-electron chi connectivity index (χ0n) is 6.00. The number of halogens is 2. The standard InChI is InChI=1S/C7H6ClFO2S/c8-12(10,11)7-4-2-1-3-6(7)5-9/h1-4H,5H2. The van der Waals surface area contributed by atoms with Gasteiger partial charge < -0.3 is 0 Å². The van der Waals surface area contributed by atoms with E-state index in [0.29, 0.717) is 0 Å². The van der Waals surface area contributed by atoms with Gasteiger partial charge in [-0.25, -0.2) is 12.8 Å². The minimum atomic E-state index is -3.81. The summed E-state index contributed by atoms with van der Waals surface area (Å²) in [6, 6.07) is 5.71. The van der Waals surface area contributed by atoms with E-state index in [0.717, 1.165) is 0 Å². The van der Waals surface area contributed by atoms with Crippen molar-refractivity contribution < 1.29 is 12.8 Å². The molecule has 0 bridgehead atoms. The van der Waals surface area contributed by atoms with E-state index in [1.165, 1.54) is 18.2 Å². The Morgan fingerprint density at radius 3 is 2.33 bits per heavy atom. The van der Waals surface area contributed by atoms with Gasteiger partial charge in [0.25, 0.3) is 9.05 Å². The monoisotopic (exact) mass is 208 g/mol. The van der Waals surface area contributed by atoms with E-state index in [1.54, 1.807) is 6.07 Å². The second-order valence-electron chi connectivity index (χ2n) is 2.18. The Hall–Kier alpha value is -0.610. The van der Waals surface area contributed by atoms with E-state index >= 15 is 0 Å². The van der Waals surface area contributed by atoms with Crippen LogP contribution >= 0.6 is 10.7 Å². The van der Waals surface area contributed by atoms with Crippen molar-refractivity contribution >= 4 is 19.7 Å². The molecule has 5 heteroatoms. The van der Waals surface area contributed by atoms with Crippen molar-refractivity contribution in [1.29, 1.82) is 0 Å². The maximum atomic E-state index is 12.2. The molecule has 66 valence electrons. The molecule has 0 fully saturated rings. The third-order valence-electron chi connectivity index (χ3n) is 1.38. The summed E-state index contributed by atoms with van der Waals surface area (Å²) in [6.45, 7) is -0.831. The highest BCUT2D eigenvalue weighted by Crippen LogP contribution is 2.19. The second kappa shape index (κ2) is 3.41. The summed E-state index contributed by atoms with van der Waals surface area (Å²) in [7, 11) is 1.23. The van der Waals surface area contributed by atoms with Gasteiger partial charge in [-0.15, -0.1) is 0 Å². The van der Waals surface area contributed by atoms with E-state index in [9.17, 15) is 12.8 Å². The minimum Gasteiger partial charge on any atom is -0.246 e. The van der Waals surface area contributed by atoms with Crippen LogP contribution in [-0.2, 0) is 15.7 Å². The van der Waals surface area contributed by atoms with Crippen LogP contribution in [0.4, 0.5) is 4.39 Å². The van der Waals surface area contributed by atoms with Gasteiger partial charge in [-0.2, -0.15) is 0 Å². The number of benzene rings is 1. The largest absolute Gasteiger partial charge is 0.261 e. The Kier molecular flexibility index (Phi) is 2.69. The van der Waals surface area contributed by atoms with E-state index in [1.807, 2.05) is 0 Å². The maximum Gasteiger partial charge on any atom is 0.261 e. The first-order valence-electron chi connectivity index (χ1n) is 3.14. The van der Waals surface area contributed by atoms with Crippen LogP contribution < -0.4 is 0 Å². The first kappa shape index (κ1) is 9.48. The lowest BCUT2D eigenvalue weighted by molar-refractivity contribution is 0.478. The molecule has 1 aromatic carbocycles. The molecule has 0 saturated carbocycles. The lowest BCUT2D eigenvalue weighted by Crippen LogP contribution is -1.95. The Morgan fingerprint density at radius 1 is 1.33 bits per heavy atom. The van der Waals surface area contributed by atoms with E-state index in [4.69, 9.17) is 10.7 Å². The minimum absolute atomic E-state index is 0.0903. The molecule has 0 N–H and O–H groups in total. The molecular weight excluding hydrogens is 203 g/mol. The molecule has 12 heavy (non-hydrogen) atoms. The molecule has 0 aliphatic heterocycles. The van der Waals surface area contributed by atoms with Gasteiger partial charge >= 0.3 is 0 Å². The number of alkyl halides is 1. The fourth-order valence-electron chi connectivity index (χ4n) is 0.852. The van der Waals surface area contributed by atoms with Crippen LogP contribution in [0.15, 0.2) is 29.2 Å². The van der Waals surface area contributed by atoms with E-state index < -0.39 is 15.7 Å². The van der Waals surface area contributed by atoms with Gasteiger partial charge in [0.05, 0.1) is 4.90 Å². The predicted octanol–water partition coefficient (Wildman–Crippen LogP) is 2.08. The molecule has 0 radical (unpaired) electrons. The van der Waals surface area contributed by atoms with Crippen LogP contribution in [0, 0.1) is 0 Å². The Morgan fingerprint density at radius 2 is 1.92 bits per heavy atom. The van der Waals surface area contributed by atoms with Crippen molar-refractivity contribution in [3.63, 3.8) is 0 Å². The molecule has 2 nitrogen and oxygen atoms in total.